The lowest BCUT2D eigenvalue weighted by molar-refractivity contribution is -0.133. The van der Waals surface area contributed by atoms with E-state index in [1.165, 1.54) is 24.3 Å². The van der Waals surface area contributed by atoms with Crippen molar-refractivity contribution in [2.24, 2.45) is 0 Å². The van der Waals surface area contributed by atoms with Gasteiger partial charge in [0.25, 0.3) is 5.91 Å². The molecule has 0 unspecified atom stereocenters. The quantitative estimate of drug-likeness (QED) is 0.850. The topological polar surface area (TPSA) is 58.6 Å². The minimum atomic E-state index is -0.328. The maximum atomic E-state index is 12.9. The normalized spacial score (nSPS) is 15.0. The number of rotatable bonds is 4. The summed E-state index contributed by atoms with van der Waals surface area (Å²) < 4.78 is 18.3. The van der Waals surface area contributed by atoms with Crippen molar-refractivity contribution in [3.63, 3.8) is 0 Å². The lowest BCUT2D eigenvalue weighted by atomic mass is 10.3. The predicted octanol–water partition coefficient (Wildman–Crippen LogP) is 2.04. The maximum absolute atomic E-state index is 12.9. The molecule has 1 aromatic heterocycles. The molecule has 2 heterocycles. The van der Waals surface area contributed by atoms with E-state index in [9.17, 15) is 9.18 Å². The van der Waals surface area contributed by atoms with Gasteiger partial charge in [0.2, 0.25) is 0 Å². The molecule has 0 spiro atoms. The monoisotopic (exact) mass is 344 g/mol. The molecule has 0 saturated carbocycles. The van der Waals surface area contributed by atoms with Crippen LogP contribution in [-0.2, 0) is 4.79 Å². The van der Waals surface area contributed by atoms with Crippen LogP contribution in [0.15, 0.2) is 36.4 Å². The number of aromatic nitrogens is 2. The first-order valence-electron chi connectivity index (χ1n) is 8.33. The number of carbonyl (C=O) groups excluding carboxylic acids is 1. The molecule has 132 valence electrons. The van der Waals surface area contributed by atoms with E-state index in [1.54, 1.807) is 4.90 Å². The predicted molar refractivity (Wildman–Crippen MR) is 92.1 cm³/mol. The third-order valence-electron chi connectivity index (χ3n) is 4.13. The Hall–Kier alpha value is -2.70. The van der Waals surface area contributed by atoms with Gasteiger partial charge in [0, 0.05) is 26.2 Å². The summed E-state index contributed by atoms with van der Waals surface area (Å²) in [7, 11) is 0. The standard InChI is InChI=1S/C18H21FN4O2/c1-14-3-8-17(21-20-14)22-9-2-10-23(12-11-22)18(24)13-25-16-6-4-15(19)5-7-16/h3-8H,2,9-13H2,1H3. The van der Waals surface area contributed by atoms with Gasteiger partial charge in [0.05, 0.1) is 5.69 Å². The van der Waals surface area contributed by atoms with Crippen molar-refractivity contribution in [3.05, 3.63) is 47.9 Å². The highest BCUT2D eigenvalue weighted by atomic mass is 19.1. The van der Waals surface area contributed by atoms with E-state index in [0.717, 1.165) is 24.5 Å². The van der Waals surface area contributed by atoms with Gasteiger partial charge in [-0.15, -0.1) is 5.10 Å². The summed E-state index contributed by atoms with van der Waals surface area (Å²) in [6.45, 7) is 4.69. The van der Waals surface area contributed by atoms with Crippen molar-refractivity contribution in [2.75, 3.05) is 37.7 Å². The van der Waals surface area contributed by atoms with Crippen molar-refractivity contribution in [1.82, 2.24) is 15.1 Å². The maximum Gasteiger partial charge on any atom is 0.260 e. The summed E-state index contributed by atoms with van der Waals surface area (Å²) in [5, 5.41) is 8.30. The second-order valence-electron chi connectivity index (χ2n) is 6.00. The summed E-state index contributed by atoms with van der Waals surface area (Å²) in [5.41, 5.74) is 0.883. The second kappa shape index (κ2) is 7.92. The fraction of sp³-hybridized carbons (Fsp3) is 0.389. The van der Waals surface area contributed by atoms with Gasteiger partial charge in [-0.2, -0.15) is 5.10 Å². The number of ether oxygens (including phenoxy) is 1. The van der Waals surface area contributed by atoms with Crippen LogP contribution in [-0.4, -0.2) is 53.8 Å². The van der Waals surface area contributed by atoms with Crippen molar-refractivity contribution >= 4 is 11.7 Å². The van der Waals surface area contributed by atoms with Gasteiger partial charge in [-0.1, -0.05) is 0 Å². The van der Waals surface area contributed by atoms with Gasteiger partial charge < -0.3 is 14.5 Å². The Morgan fingerprint density at radius 3 is 2.60 bits per heavy atom. The number of amides is 1. The zero-order valence-electron chi connectivity index (χ0n) is 14.2. The molecule has 0 aliphatic carbocycles. The van der Waals surface area contributed by atoms with Crippen LogP contribution in [0, 0.1) is 12.7 Å². The first-order chi connectivity index (χ1) is 12.1. The van der Waals surface area contributed by atoms with Gasteiger partial charge in [-0.05, 0) is 49.7 Å². The van der Waals surface area contributed by atoms with Gasteiger partial charge >= 0.3 is 0 Å². The zero-order chi connectivity index (χ0) is 17.6. The summed E-state index contributed by atoms with van der Waals surface area (Å²) in [4.78, 5) is 16.3. The van der Waals surface area contributed by atoms with Crippen molar-refractivity contribution < 1.29 is 13.9 Å². The first kappa shape index (κ1) is 17.1. The highest BCUT2D eigenvalue weighted by molar-refractivity contribution is 5.77. The summed E-state index contributed by atoms with van der Waals surface area (Å²) in [5.74, 6) is 0.926. The SMILES string of the molecule is Cc1ccc(N2CCCN(C(=O)COc3ccc(F)cc3)CC2)nn1. The minimum absolute atomic E-state index is 0.0457. The molecule has 1 aliphatic heterocycles. The van der Waals surface area contributed by atoms with Crippen LogP contribution in [0.1, 0.15) is 12.1 Å². The number of hydrogen-bond donors (Lipinski definition) is 0. The Balaban J connectivity index is 1.52. The zero-order valence-corrected chi connectivity index (χ0v) is 14.2. The van der Waals surface area contributed by atoms with Crippen LogP contribution in [0.2, 0.25) is 0 Å². The number of hydrogen-bond acceptors (Lipinski definition) is 5. The molecule has 0 N–H and O–H groups in total. The van der Waals surface area contributed by atoms with Crippen molar-refractivity contribution in [3.8, 4) is 5.75 Å². The largest absolute Gasteiger partial charge is 0.484 e. The Bertz CT molecular complexity index is 706. The minimum Gasteiger partial charge on any atom is -0.484 e. The summed E-state index contributed by atoms with van der Waals surface area (Å²) in [6.07, 6.45) is 0.859. The highest BCUT2D eigenvalue weighted by Crippen LogP contribution is 2.14. The van der Waals surface area contributed by atoms with E-state index in [-0.39, 0.29) is 18.3 Å². The summed E-state index contributed by atoms with van der Waals surface area (Å²) in [6, 6.07) is 9.55. The van der Waals surface area contributed by atoms with Crippen LogP contribution in [0.25, 0.3) is 0 Å². The lowest BCUT2D eigenvalue weighted by Gasteiger charge is -2.22. The number of carbonyl (C=O) groups is 1. The molecule has 2 aromatic rings. The van der Waals surface area contributed by atoms with E-state index < -0.39 is 0 Å². The van der Waals surface area contributed by atoms with Crippen LogP contribution < -0.4 is 9.64 Å². The van der Waals surface area contributed by atoms with Gasteiger partial charge in [0.15, 0.2) is 12.4 Å². The van der Waals surface area contributed by atoms with Crippen LogP contribution in [0.5, 0.6) is 5.75 Å². The summed E-state index contributed by atoms with van der Waals surface area (Å²) >= 11 is 0. The fourth-order valence-electron chi connectivity index (χ4n) is 2.72. The molecular weight excluding hydrogens is 323 g/mol. The van der Waals surface area contributed by atoms with Crippen molar-refractivity contribution in [2.45, 2.75) is 13.3 Å². The molecule has 1 amide bonds. The van der Waals surface area contributed by atoms with Crippen molar-refractivity contribution in [1.29, 1.82) is 0 Å². The van der Waals surface area contributed by atoms with E-state index >= 15 is 0 Å². The molecule has 6 nitrogen and oxygen atoms in total. The molecular formula is C18H21FN4O2. The van der Waals surface area contributed by atoms with E-state index in [1.807, 2.05) is 19.1 Å². The smallest absolute Gasteiger partial charge is 0.260 e. The Labute approximate surface area is 146 Å². The molecule has 0 radical (unpaired) electrons. The molecule has 25 heavy (non-hydrogen) atoms. The molecule has 3 rings (SSSR count). The van der Waals surface area contributed by atoms with Gasteiger partial charge in [-0.25, -0.2) is 4.39 Å². The number of anilines is 1. The Morgan fingerprint density at radius 1 is 1.08 bits per heavy atom. The van der Waals surface area contributed by atoms with E-state index in [0.29, 0.717) is 25.4 Å². The van der Waals surface area contributed by atoms with Crippen LogP contribution in [0.3, 0.4) is 0 Å². The van der Waals surface area contributed by atoms with Crippen LogP contribution >= 0.6 is 0 Å². The molecule has 0 atom stereocenters. The third-order valence-corrected chi connectivity index (χ3v) is 4.13. The molecule has 1 aliphatic rings. The van der Waals surface area contributed by atoms with E-state index in [4.69, 9.17) is 4.74 Å². The fourth-order valence-corrected chi connectivity index (χ4v) is 2.72. The Morgan fingerprint density at radius 2 is 1.88 bits per heavy atom. The number of aryl methyl sites for hydroxylation is 1. The highest BCUT2D eigenvalue weighted by Gasteiger charge is 2.20. The molecule has 1 saturated heterocycles. The van der Waals surface area contributed by atoms with Crippen LogP contribution in [0.4, 0.5) is 10.2 Å². The van der Waals surface area contributed by atoms with E-state index in [2.05, 4.69) is 15.1 Å². The first-order valence-corrected chi connectivity index (χ1v) is 8.33. The molecule has 7 heteroatoms. The lowest BCUT2D eigenvalue weighted by Crippen LogP contribution is -2.38. The average Bonchev–Trinajstić information content (AvgIpc) is 2.88. The van der Waals surface area contributed by atoms with Gasteiger partial charge in [0.1, 0.15) is 11.6 Å². The molecule has 1 fully saturated rings. The number of benzene rings is 1. The average molecular weight is 344 g/mol. The van der Waals surface area contributed by atoms with Gasteiger partial charge in [-0.3, -0.25) is 4.79 Å². The molecule has 0 bridgehead atoms. The third kappa shape index (κ3) is 4.65. The Kier molecular flexibility index (Phi) is 5.42. The molecule has 1 aromatic carbocycles. The number of halogens is 1. The number of nitrogens with zero attached hydrogens (tertiary/aromatic N) is 4. The second-order valence-corrected chi connectivity index (χ2v) is 6.00.